The molecule has 1 heterocycles. The van der Waals surface area contributed by atoms with Gasteiger partial charge in [0.25, 0.3) is 0 Å². The second kappa shape index (κ2) is 6.01. The molecule has 2 aromatic rings. The van der Waals surface area contributed by atoms with E-state index in [9.17, 15) is 0 Å². The Kier molecular flexibility index (Phi) is 3.63. The number of aromatic nitrogens is 1. The number of hydrogen-bond donors (Lipinski definition) is 2. The molecule has 0 amide bonds. The van der Waals surface area contributed by atoms with E-state index in [0.29, 0.717) is 17.0 Å². The standard InChI is InChI=1S/C20H23N5O/c21-11-23-19(25-16-2-1-3-17-18(16)24-12-26-17)22-10-20-7-13-4-14(8-20)6-15(5-13)9-20/h1-3,12-15H,4-10H2,(H2,22,23,25). The third-order valence-corrected chi connectivity index (χ3v) is 6.57. The number of oxazole rings is 1. The van der Waals surface area contributed by atoms with E-state index >= 15 is 0 Å². The molecule has 134 valence electrons. The van der Waals surface area contributed by atoms with Gasteiger partial charge >= 0.3 is 0 Å². The number of aliphatic imine (C=N–C) groups is 1. The van der Waals surface area contributed by atoms with Gasteiger partial charge in [-0.3, -0.25) is 0 Å². The molecule has 26 heavy (non-hydrogen) atoms. The molecular formula is C20H23N5O. The summed E-state index contributed by atoms with van der Waals surface area (Å²) < 4.78 is 5.35. The first kappa shape index (κ1) is 15.7. The number of hydrogen-bond acceptors (Lipinski definition) is 4. The lowest BCUT2D eigenvalue weighted by Gasteiger charge is -2.57. The van der Waals surface area contributed by atoms with Crippen molar-refractivity contribution in [3.05, 3.63) is 24.6 Å². The van der Waals surface area contributed by atoms with Crippen molar-refractivity contribution < 1.29 is 4.42 Å². The number of nitrogens with zero attached hydrogens (tertiary/aromatic N) is 3. The van der Waals surface area contributed by atoms with Crippen molar-refractivity contribution in [1.29, 1.82) is 5.26 Å². The number of nitriles is 1. The summed E-state index contributed by atoms with van der Waals surface area (Å²) in [7, 11) is 0. The first-order chi connectivity index (χ1) is 12.7. The first-order valence-corrected chi connectivity index (χ1v) is 9.53. The fourth-order valence-electron chi connectivity index (χ4n) is 6.05. The zero-order valence-electron chi connectivity index (χ0n) is 14.7. The maximum atomic E-state index is 9.10. The summed E-state index contributed by atoms with van der Waals surface area (Å²) in [5.41, 5.74) is 2.64. The summed E-state index contributed by atoms with van der Waals surface area (Å²) in [6.45, 7) is 0.888. The van der Waals surface area contributed by atoms with Gasteiger partial charge in [-0.2, -0.15) is 5.26 Å². The van der Waals surface area contributed by atoms with Gasteiger partial charge in [-0.15, -0.1) is 4.99 Å². The molecule has 4 aliphatic rings. The summed E-state index contributed by atoms with van der Waals surface area (Å²) in [6, 6.07) is 5.69. The Labute approximate surface area is 152 Å². The average molecular weight is 349 g/mol. The number of guanidine groups is 1. The van der Waals surface area contributed by atoms with Crippen molar-refractivity contribution in [1.82, 2.24) is 10.3 Å². The predicted molar refractivity (Wildman–Crippen MR) is 99.3 cm³/mol. The molecule has 1 aromatic carbocycles. The highest BCUT2D eigenvalue weighted by molar-refractivity contribution is 6.00. The Morgan fingerprint density at radius 1 is 1.23 bits per heavy atom. The van der Waals surface area contributed by atoms with Crippen LogP contribution in [0.4, 0.5) is 5.69 Å². The Hall–Kier alpha value is -2.55. The lowest BCUT2D eigenvalue weighted by atomic mass is 9.49. The third-order valence-electron chi connectivity index (χ3n) is 6.57. The number of para-hydroxylation sites is 1. The second-order valence-corrected chi connectivity index (χ2v) is 8.46. The summed E-state index contributed by atoms with van der Waals surface area (Å²) >= 11 is 0. The summed E-state index contributed by atoms with van der Waals surface area (Å²) in [5, 5.41) is 15.8. The highest BCUT2D eigenvalue weighted by atomic mass is 16.3. The zero-order chi connectivity index (χ0) is 17.6. The number of anilines is 1. The van der Waals surface area contributed by atoms with E-state index in [-0.39, 0.29) is 0 Å². The van der Waals surface area contributed by atoms with Crippen molar-refractivity contribution in [2.45, 2.75) is 38.5 Å². The monoisotopic (exact) mass is 349 g/mol. The van der Waals surface area contributed by atoms with E-state index in [1.165, 1.54) is 44.9 Å². The van der Waals surface area contributed by atoms with Crippen LogP contribution in [0.1, 0.15) is 38.5 Å². The van der Waals surface area contributed by atoms with Gasteiger partial charge in [0.15, 0.2) is 12.0 Å². The number of fused-ring (bicyclic) bond motifs is 1. The number of benzene rings is 1. The molecule has 4 aliphatic carbocycles. The molecule has 0 spiro atoms. The van der Waals surface area contributed by atoms with E-state index in [1.807, 2.05) is 24.4 Å². The van der Waals surface area contributed by atoms with Crippen LogP contribution in [-0.2, 0) is 0 Å². The lowest BCUT2D eigenvalue weighted by Crippen LogP contribution is -2.51. The minimum atomic E-state index is 0.382. The van der Waals surface area contributed by atoms with Gasteiger partial charge < -0.3 is 15.1 Å². The van der Waals surface area contributed by atoms with Crippen LogP contribution in [0, 0.1) is 34.6 Å². The molecule has 4 saturated carbocycles. The van der Waals surface area contributed by atoms with Gasteiger partial charge in [-0.1, -0.05) is 6.07 Å². The maximum Gasteiger partial charge on any atom is 0.211 e. The van der Waals surface area contributed by atoms with Crippen LogP contribution in [0.5, 0.6) is 0 Å². The van der Waals surface area contributed by atoms with Gasteiger partial charge in [0.05, 0.1) is 5.69 Å². The van der Waals surface area contributed by atoms with Gasteiger partial charge in [-0.05, 0) is 73.8 Å². The first-order valence-electron chi connectivity index (χ1n) is 9.53. The molecule has 2 N–H and O–H groups in total. The fraction of sp³-hybridized carbons (Fsp3) is 0.550. The molecule has 6 nitrogen and oxygen atoms in total. The highest BCUT2D eigenvalue weighted by Crippen LogP contribution is 2.59. The van der Waals surface area contributed by atoms with E-state index in [1.54, 1.807) is 0 Å². The maximum absolute atomic E-state index is 9.10. The Morgan fingerprint density at radius 3 is 2.65 bits per heavy atom. The molecule has 6 rings (SSSR count). The molecular weight excluding hydrogens is 326 g/mol. The smallest absolute Gasteiger partial charge is 0.211 e. The minimum absolute atomic E-state index is 0.382. The summed E-state index contributed by atoms with van der Waals surface area (Å²) in [6.07, 6.45) is 11.6. The lowest BCUT2D eigenvalue weighted by molar-refractivity contribution is -0.0491. The topological polar surface area (TPSA) is 86.2 Å². The second-order valence-electron chi connectivity index (χ2n) is 8.46. The van der Waals surface area contributed by atoms with Crippen molar-refractivity contribution in [3.8, 4) is 6.19 Å². The molecule has 4 bridgehead atoms. The van der Waals surface area contributed by atoms with Crippen molar-refractivity contribution in [3.63, 3.8) is 0 Å². The van der Waals surface area contributed by atoms with Gasteiger partial charge in [0.1, 0.15) is 5.52 Å². The van der Waals surface area contributed by atoms with Crippen LogP contribution in [0.3, 0.4) is 0 Å². The van der Waals surface area contributed by atoms with Crippen LogP contribution in [0.15, 0.2) is 34.0 Å². The molecule has 4 fully saturated rings. The van der Waals surface area contributed by atoms with Crippen molar-refractivity contribution in [2.24, 2.45) is 28.2 Å². The largest absolute Gasteiger partial charge is 0.443 e. The Morgan fingerprint density at radius 2 is 1.96 bits per heavy atom. The minimum Gasteiger partial charge on any atom is -0.443 e. The van der Waals surface area contributed by atoms with Crippen LogP contribution >= 0.6 is 0 Å². The molecule has 0 unspecified atom stereocenters. The van der Waals surface area contributed by atoms with Crippen LogP contribution in [0.2, 0.25) is 0 Å². The molecule has 0 saturated heterocycles. The van der Waals surface area contributed by atoms with Crippen LogP contribution < -0.4 is 10.6 Å². The average Bonchev–Trinajstić information content (AvgIpc) is 3.08. The number of rotatable bonds is 3. The van der Waals surface area contributed by atoms with Crippen molar-refractivity contribution >= 4 is 22.7 Å². The van der Waals surface area contributed by atoms with Gasteiger partial charge in [0, 0.05) is 6.54 Å². The fourth-order valence-corrected chi connectivity index (χ4v) is 6.05. The Bertz CT molecular complexity index is 858. The van der Waals surface area contributed by atoms with Gasteiger partial charge in [0.2, 0.25) is 12.2 Å². The number of nitrogens with one attached hydrogen (secondary N) is 2. The van der Waals surface area contributed by atoms with Gasteiger partial charge in [-0.25, -0.2) is 4.98 Å². The van der Waals surface area contributed by atoms with Crippen molar-refractivity contribution in [2.75, 3.05) is 11.9 Å². The van der Waals surface area contributed by atoms with E-state index in [2.05, 4.69) is 20.6 Å². The summed E-state index contributed by atoms with van der Waals surface area (Å²) in [4.78, 5) is 8.22. The van der Waals surface area contributed by atoms with Crippen LogP contribution in [0.25, 0.3) is 11.1 Å². The van der Waals surface area contributed by atoms with E-state index < -0.39 is 0 Å². The molecule has 1 aromatic heterocycles. The molecule has 6 heteroatoms. The molecule has 0 atom stereocenters. The van der Waals surface area contributed by atoms with Crippen LogP contribution in [-0.4, -0.2) is 17.5 Å². The SMILES string of the molecule is N#C/N=C(\NCC12CC3CC(CC(C3)C1)C2)Nc1cccc2ocnc12. The molecule has 0 radical (unpaired) electrons. The third kappa shape index (κ3) is 2.72. The normalized spacial score (nSPS) is 32.6. The quantitative estimate of drug-likeness (QED) is 0.499. The predicted octanol–water partition coefficient (Wildman–Crippen LogP) is 3.88. The summed E-state index contributed by atoms with van der Waals surface area (Å²) in [5.74, 6) is 3.24. The highest BCUT2D eigenvalue weighted by Gasteiger charge is 2.50. The zero-order valence-corrected chi connectivity index (χ0v) is 14.7. The molecule has 0 aliphatic heterocycles. The van der Waals surface area contributed by atoms with E-state index in [4.69, 9.17) is 9.68 Å². The van der Waals surface area contributed by atoms with E-state index in [0.717, 1.165) is 35.5 Å². The Balaban J connectivity index is 1.32.